The van der Waals surface area contributed by atoms with Crippen LogP contribution in [-0.2, 0) is 0 Å². The number of nitrogens with one attached hydrogen (secondary N) is 1. The molecule has 1 heterocycles. The molecule has 106 valence electrons. The fraction of sp³-hybridized carbons (Fsp3) is 0.375. The molecule has 0 unspecified atom stereocenters. The van der Waals surface area contributed by atoms with Crippen LogP contribution in [0.1, 0.15) is 36.6 Å². The third-order valence-electron chi connectivity index (χ3n) is 3.14. The molecule has 0 aliphatic rings. The molecule has 2 rings (SSSR count). The summed E-state index contributed by atoms with van der Waals surface area (Å²) in [6.07, 6.45) is 0. The van der Waals surface area contributed by atoms with Gasteiger partial charge in [0.15, 0.2) is 0 Å². The van der Waals surface area contributed by atoms with Crippen molar-refractivity contribution in [3.8, 4) is 11.6 Å². The molecule has 0 bridgehead atoms. The highest BCUT2D eigenvalue weighted by atomic mass is 16.5. The summed E-state index contributed by atoms with van der Waals surface area (Å²) in [6.45, 7) is 8.40. The maximum atomic E-state index is 5.83. The topological polar surface area (TPSA) is 47.0 Å². The maximum Gasteiger partial charge on any atom is 0.225 e. The van der Waals surface area contributed by atoms with Crippen molar-refractivity contribution in [2.75, 3.05) is 12.4 Å². The van der Waals surface area contributed by atoms with E-state index >= 15 is 0 Å². The molecule has 20 heavy (non-hydrogen) atoms. The Morgan fingerprint density at radius 1 is 1.10 bits per heavy atom. The number of benzene rings is 1. The highest BCUT2D eigenvalue weighted by molar-refractivity contribution is 5.39. The van der Waals surface area contributed by atoms with Gasteiger partial charge < -0.3 is 10.1 Å². The monoisotopic (exact) mass is 271 g/mol. The van der Waals surface area contributed by atoms with Gasteiger partial charge in [-0.25, -0.2) is 4.98 Å². The first-order valence-corrected chi connectivity index (χ1v) is 6.81. The van der Waals surface area contributed by atoms with E-state index in [1.165, 1.54) is 11.1 Å². The van der Waals surface area contributed by atoms with E-state index in [-0.39, 0.29) is 0 Å². The van der Waals surface area contributed by atoms with Crippen LogP contribution in [0.25, 0.3) is 0 Å². The maximum absolute atomic E-state index is 5.83. The van der Waals surface area contributed by atoms with Crippen molar-refractivity contribution in [2.45, 2.75) is 33.6 Å². The van der Waals surface area contributed by atoms with Crippen LogP contribution >= 0.6 is 0 Å². The zero-order valence-corrected chi connectivity index (χ0v) is 12.7. The van der Waals surface area contributed by atoms with Crippen molar-refractivity contribution in [1.82, 2.24) is 9.97 Å². The van der Waals surface area contributed by atoms with Crippen LogP contribution in [0, 0.1) is 13.8 Å². The van der Waals surface area contributed by atoms with E-state index in [1.807, 2.05) is 25.1 Å². The van der Waals surface area contributed by atoms with Gasteiger partial charge in [-0.3, -0.25) is 0 Å². The first-order valence-electron chi connectivity index (χ1n) is 6.81. The average Bonchev–Trinajstić information content (AvgIpc) is 2.37. The fourth-order valence-electron chi connectivity index (χ4n) is 2.18. The lowest BCUT2D eigenvalue weighted by molar-refractivity contribution is 0.461. The highest BCUT2D eigenvalue weighted by Crippen LogP contribution is 2.26. The smallest absolute Gasteiger partial charge is 0.225 e. The zero-order valence-electron chi connectivity index (χ0n) is 12.7. The molecule has 1 aromatic carbocycles. The molecule has 0 saturated carbocycles. The minimum Gasteiger partial charge on any atom is -0.439 e. The zero-order chi connectivity index (χ0) is 14.7. The summed E-state index contributed by atoms with van der Waals surface area (Å²) in [5.74, 6) is 2.43. The molecule has 1 N–H and O–H groups in total. The number of aryl methyl sites for hydroxylation is 2. The van der Waals surface area contributed by atoms with Crippen molar-refractivity contribution in [3.63, 3.8) is 0 Å². The lowest BCUT2D eigenvalue weighted by Gasteiger charge is -2.12. The van der Waals surface area contributed by atoms with Crippen LogP contribution in [0.15, 0.2) is 24.3 Å². The molecule has 4 nitrogen and oxygen atoms in total. The molecular formula is C16H21N3O. The first kappa shape index (κ1) is 14.3. The molecule has 0 radical (unpaired) electrons. The molecule has 0 aliphatic carbocycles. The number of ether oxygens (including phenoxy) is 1. The molecule has 0 aliphatic heterocycles. The third kappa shape index (κ3) is 3.26. The van der Waals surface area contributed by atoms with Crippen LogP contribution < -0.4 is 10.1 Å². The molecule has 4 heteroatoms. The summed E-state index contributed by atoms with van der Waals surface area (Å²) in [5.41, 5.74) is 3.44. The van der Waals surface area contributed by atoms with Gasteiger partial charge in [0.25, 0.3) is 0 Å². The van der Waals surface area contributed by atoms with Gasteiger partial charge in [-0.2, -0.15) is 4.98 Å². The lowest BCUT2D eigenvalue weighted by atomic mass is 9.98. The van der Waals surface area contributed by atoms with Gasteiger partial charge in [-0.15, -0.1) is 0 Å². The van der Waals surface area contributed by atoms with Gasteiger partial charge in [-0.05, 0) is 43.0 Å². The molecule has 1 aromatic heterocycles. The number of hydrogen-bond donors (Lipinski definition) is 1. The van der Waals surface area contributed by atoms with Gasteiger partial charge in [0.2, 0.25) is 11.8 Å². The predicted molar refractivity (Wildman–Crippen MR) is 81.7 cm³/mol. The molecule has 0 spiro atoms. The van der Waals surface area contributed by atoms with Gasteiger partial charge in [-0.1, -0.05) is 19.9 Å². The lowest BCUT2D eigenvalue weighted by Crippen LogP contribution is -2.00. The molecular weight excluding hydrogens is 250 g/mol. The quantitative estimate of drug-likeness (QED) is 0.911. The molecule has 0 atom stereocenters. The Morgan fingerprint density at radius 3 is 2.45 bits per heavy atom. The summed E-state index contributed by atoms with van der Waals surface area (Å²) >= 11 is 0. The van der Waals surface area contributed by atoms with Gasteiger partial charge in [0.05, 0.1) is 0 Å². The van der Waals surface area contributed by atoms with Gasteiger partial charge in [0, 0.05) is 18.8 Å². The Morgan fingerprint density at radius 2 is 1.85 bits per heavy atom. The van der Waals surface area contributed by atoms with Crippen molar-refractivity contribution in [3.05, 3.63) is 41.1 Å². The number of aromatic nitrogens is 2. The Hall–Kier alpha value is -2.10. The third-order valence-corrected chi connectivity index (χ3v) is 3.14. The van der Waals surface area contributed by atoms with Gasteiger partial charge in [0.1, 0.15) is 5.75 Å². The van der Waals surface area contributed by atoms with Crippen LogP contribution in [0.4, 0.5) is 5.95 Å². The van der Waals surface area contributed by atoms with E-state index in [1.54, 1.807) is 7.05 Å². The molecule has 0 fully saturated rings. The molecule has 0 saturated heterocycles. The minimum atomic E-state index is 0.515. The Labute approximate surface area is 120 Å². The largest absolute Gasteiger partial charge is 0.439 e. The van der Waals surface area contributed by atoms with Gasteiger partial charge >= 0.3 is 0 Å². The summed E-state index contributed by atoms with van der Waals surface area (Å²) in [7, 11) is 1.79. The number of nitrogens with zero attached hydrogens (tertiary/aromatic N) is 2. The number of rotatable bonds is 4. The fourth-order valence-corrected chi connectivity index (χ4v) is 2.18. The number of hydrogen-bond acceptors (Lipinski definition) is 4. The second-order valence-electron chi connectivity index (χ2n) is 5.20. The first-order chi connectivity index (χ1) is 9.49. The summed E-state index contributed by atoms with van der Waals surface area (Å²) in [5, 5.41) is 2.93. The van der Waals surface area contributed by atoms with Crippen LogP contribution in [0.3, 0.4) is 0 Å². The van der Waals surface area contributed by atoms with E-state index in [4.69, 9.17) is 4.74 Å². The van der Waals surface area contributed by atoms with Crippen LogP contribution in [-0.4, -0.2) is 17.0 Å². The summed E-state index contributed by atoms with van der Waals surface area (Å²) in [4.78, 5) is 8.54. The Bertz CT molecular complexity index is 609. The number of anilines is 1. The SMILES string of the molecule is CNc1nc(C)cc(Oc2ccc(C(C)C)c(C)c2)n1. The Kier molecular flexibility index (Phi) is 4.23. The summed E-state index contributed by atoms with van der Waals surface area (Å²) in [6, 6.07) is 7.97. The van der Waals surface area contributed by atoms with Crippen LogP contribution in [0.5, 0.6) is 11.6 Å². The van der Waals surface area contributed by atoms with E-state index in [0.717, 1.165) is 11.4 Å². The molecule has 2 aromatic rings. The van der Waals surface area contributed by atoms with E-state index in [2.05, 4.69) is 42.1 Å². The molecule has 0 amide bonds. The van der Waals surface area contributed by atoms with Crippen molar-refractivity contribution >= 4 is 5.95 Å². The van der Waals surface area contributed by atoms with Crippen molar-refractivity contribution in [2.24, 2.45) is 0 Å². The minimum absolute atomic E-state index is 0.515. The van der Waals surface area contributed by atoms with E-state index in [9.17, 15) is 0 Å². The van der Waals surface area contributed by atoms with E-state index < -0.39 is 0 Å². The standard InChI is InChI=1S/C16H21N3O/c1-10(2)14-7-6-13(8-11(14)3)20-15-9-12(4)18-16(17-5)19-15/h6-10H,1-5H3,(H,17,18,19). The normalized spacial score (nSPS) is 10.7. The van der Waals surface area contributed by atoms with Crippen LogP contribution in [0.2, 0.25) is 0 Å². The second-order valence-corrected chi connectivity index (χ2v) is 5.20. The van der Waals surface area contributed by atoms with Crippen molar-refractivity contribution in [1.29, 1.82) is 0 Å². The van der Waals surface area contributed by atoms with E-state index in [0.29, 0.717) is 17.7 Å². The average molecular weight is 271 g/mol. The predicted octanol–water partition coefficient (Wildman–Crippen LogP) is 4.05. The summed E-state index contributed by atoms with van der Waals surface area (Å²) < 4.78 is 5.83. The van der Waals surface area contributed by atoms with Crippen molar-refractivity contribution < 1.29 is 4.74 Å². The highest BCUT2D eigenvalue weighted by Gasteiger charge is 2.07. The Balaban J connectivity index is 2.26. The second kappa shape index (κ2) is 5.90.